The van der Waals surface area contributed by atoms with E-state index in [1.54, 1.807) is 12.1 Å². The molecule has 0 spiro atoms. The number of carbonyl (C=O) groups excluding carboxylic acids is 1. The molecular weight excluding hydrogens is 338 g/mol. The molecule has 1 aromatic heterocycles. The molecule has 1 N–H and O–H groups in total. The summed E-state index contributed by atoms with van der Waals surface area (Å²) in [6.45, 7) is 3.70. The Balaban J connectivity index is 2.58. The molecule has 1 amide bonds. The maximum absolute atomic E-state index is 11.8. The van der Waals surface area contributed by atoms with Crippen LogP contribution in [0.15, 0.2) is 33.2 Å². The van der Waals surface area contributed by atoms with E-state index < -0.39 is 11.5 Å². The highest BCUT2D eigenvalue weighted by Gasteiger charge is 2.44. The number of nitrogens with zero attached hydrogens (tertiary/aromatic N) is 1. The Morgan fingerprint density at radius 1 is 1.48 bits per heavy atom. The van der Waals surface area contributed by atoms with Crippen molar-refractivity contribution in [3.05, 3.63) is 34.5 Å². The van der Waals surface area contributed by atoms with Crippen molar-refractivity contribution in [2.75, 3.05) is 6.54 Å². The molecule has 0 radical (unpaired) electrons. The van der Waals surface area contributed by atoms with Crippen molar-refractivity contribution in [3.63, 3.8) is 0 Å². The Morgan fingerprint density at radius 3 is 2.76 bits per heavy atom. The van der Waals surface area contributed by atoms with Gasteiger partial charge in [-0.3, -0.25) is 4.79 Å². The number of halogens is 1. The fourth-order valence-electron chi connectivity index (χ4n) is 2.25. The van der Waals surface area contributed by atoms with Gasteiger partial charge in [0.1, 0.15) is 11.3 Å². The first-order valence-electron chi connectivity index (χ1n) is 6.58. The van der Waals surface area contributed by atoms with E-state index in [4.69, 9.17) is 4.42 Å². The Hall–Kier alpha value is -1.82. The summed E-state index contributed by atoms with van der Waals surface area (Å²) in [4.78, 5) is 24.3. The van der Waals surface area contributed by atoms with Crippen molar-refractivity contribution in [1.29, 1.82) is 0 Å². The number of amides is 1. The first kappa shape index (κ1) is 15.6. The zero-order chi connectivity index (χ0) is 15.6. The normalized spacial score (nSPS) is 13.9. The monoisotopic (exact) mass is 353 g/mol. The highest BCUT2D eigenvalue weighted by molar-refractivity contribution is 9.10. The Bertz CT molecular complexity index is 681. The second-order valence-electron chi connectivity index (χ2n) is 4.97. The lowest BCUT2D eigenvalue weighted by atomic mass is 9.96. The van der Waals surface area contributed by atoms with E-state index >= 15 is 0 Å². The summed E-state index contributed by atoms with van der Waals surface area (Å²) in [5.74, 6) is -0.884. The number of fused-ring (bicyclic) bond motifs is 1. The molecule has 6 heteroatoms. The molecule has 112 valence electrons. The van der Waals surface area contributed by atoms with E-state index in [-0.39, 0.29) is 5.76 Å². The molecule has 2 aromatic rings. The summed E-state index contributed by atoms with van der Waals surface area (Å²) in [6, 6.07) is 7.09. The second kappa shape index (κ2) is 5.89. The minimum atomic E-state index is -1.52. The zero-order valence-corrected chi connectivity index (χ0v) is 13.4. The number of hydrogen-bond donors (Lipinski definition) is 1. The smallest absolute Gasteiger partial charge is 0.337 e. The predicted molar refractivity (Wildman–Crippen MR) is 82.0 cm³/mol. The largest absolute Gasteiger partial charge is 0.479 e. The average molecular weight is 354 g/mol. The van der Waals surface area contributed by atoms with Crippen LogP contribution in [0.25, 0.3) is 11.0 Å². The van der Waals surface area contributed by atoms with Gasteiger partial charge in [-0.05, 0) is 37.6 Å². The third-order valence-electron chi connectivity index (χ3n) is 3.54. The number of benzene rings is 1. The summed E-state index contributed by atoms with van der Waals surface area (Å²) in [6.07, 6.45) is 1.22. The Labute approximate surface area is 130 Å². The molecule has 1 atom stereocenters. The van der Waals surface area contributed by atoms with E-state index in [2.05, 4.69) is 15.9 Å². The Kier molecular flexibility index (Phi) is 4.37. The molecular formula is C15H16BrNO4. The van der Waals surface area contributed by atoms with Crippen LogP contribution in [0, 0.1) is 0 Å². The summed E-state index contributed by atoms with van der Waals surface area (Å²) >= 11 is 3.36. The molecule has 21 heavy (non-hydrogen) atoms. The second-order valence-corrected chi connectivity index (χ2v) is 5.88. The molecule has 2 rings (SSSR count). The standard InChI is InChI=1S/C15H16BrNO4/c1-3-6-17(9-18)15(2,14(19)20)13-8-10-7-11(16)4-5-12(10)21-13/h4-5,7-9H,3,6H2,1-2H3,(H,19,20). The fraction of sp³-hybridized carbons (Fsp3) is 0.333. The average Bonchev–Trinajstić information content (AvgIpc) is 2.86. The number of carboxylic acids is 1. The number of aliphatic carboxylic acids is 1. The number of rotatable bonds is 6. The minimum absolute atomic E-state index is 0.239. The van der Waals surface area contributed by atoms with Crippen molar-refractivity contribution in [3.8, 4) is 0 Å². The topological polar surface area (TPSA) is 70.8 Å². The maximum atomic E-state index is 11.8. The molecule has 0 aliphatic heterocycles. The first-order valence-corrected chi connectivity index (χ1v) is 7.37. The van der Waals surface area contributed by atoms with Crippen LogP contribution >= 0.6 is 15.9 Å². The van der Waals surface area contributed by atoms with Crippen LogP contribution < -0.4 is 0 Å². The van der Waals surface area contributed by atoms with E-state index in [1.165, 1.54) is 11.8 Å². The molecule has 5 nitrogen and oxygen atoms in total. The number of carboxylic acid groups (broad SMARTS) is 1. The molecule has 0 saturated heterocycles. The van der Waals surface area contributed by atoms with Crippen LogP contribution in [0.4, 0.5) is 0 Å². The van der Waals surface area contributed by atoms with Crippen LogP contribution in [0.2, 0.25) is 0 Å². The van der Waals surface area contributed by atoms with Gasteiger partial charge in [0.15, 0.2) is 5.54 Å². The van der Waals surface area contributed by atoms with E-state index in [0.717, 1.165) is 9.86 Å². The van der Waals surface area contributed by atoms with Crippen molar-refractivity contribution in [2.24, 2.45) is 0 Å². The van der Waals surface area contributed by atoms with E-state index in [1.807, 2.05) is 19.1 Å². The molecule has 0 aliphatic carbocycles. The first-order chi connectivity index (χ1) is 9.93. The van der Waals surface area contributed by atoms with Gasteiger partial charge in [0.25, 0.3) is 0 Å². The highest BCUT2D eigenvalue weighted by atomic mass is 79.9. The van der Waals surface area contributed by atoms with Gasteiger partial charge in [0, 0.05) is 16.4 Å². The van der Waals surface area contributed by atoms with Crippen LogP contribution in [0.5, 0.6) is 0 Å². The van der Waals surface area contributed by atoms with Gasteiger partial charge < -0.3 is 14.4 Å². The van der Waals surface area contributed by atoms with Crippen LogP contribution in [-0.2, 0) is 15.1 Å². The van der Waals surface area contributed by atoms with Crippen molar-refractivity contribution >= 4 is 39.3 Å². The fourth-order valence-corrected chi connectivity index (χ4v) is 2.63. The van der Waals surface area contributed by atoms with Gasteiger partial charge in [0.05, 0.1) is 0 Å². The van der Waals surface area contributed by atoms with Gasteiger partial charge in [-0.25, -0.2) is 4.79 Å². The van der Waals surface area contributed by atoms with Crippen molar-refractivity contribution in [2.45, 2.75) is 25.8 Å². The van der Waals surface area contributed by atoms with Crippen LogP contribution in [-0.4, -0.2) is 28.9 Å². The quantitative estimate of drug-likeness (QED) is 0.808. The van der Waals surface area contributed by atoms with Crippen LogP contribution in [0.3, 0.4) is 0 Å². The van der Waals surface area contributed by atoms with Gasteiger partial charge in [-0.1, -0.05) is 22.9 Å². The molecule has 0 saturated carbocycles. The third kappa shape index (κ3) is 2.68. The summed E-state index contributed by atoms with van der Waals surface area (Å²) in [7, 11) is 0. The van der Waals surface area contributed by atoms with E-state index in [9.17, 15) is 14.7 Å². The highest BCUT2D eigenvalue weighted by Crippen LogP contribution is 2.33. The Morgan fingerprint density at radius 2 is 2.19 bits per heavy atom. The van der Waals surface area contributed by atoms with Gasteiger partial charge >= 0.3 is 5.97 Å². The lowest BCUT2D eigenvalue weighted by Crippen LogP contribution is -2.49. The molecule has 0 fully saturated rings. The summed E-state index contributed by atoms with van der Waals surface area (Å²) in [5.41, 5.74) is -0.938. The van der Waals surface area contributed by atoms with Gasteiger partial charge in [0.2, 0.25) is 6.41 Å². The van der Waals surface area contributed by atoms with Gasteiger partial charge in [-0.15, -0.1) is 0 Å². The number of hydrogen-bond acceptors (Lipinski definition) is 3. The van der Waals surface area contributed by atoms with Crippen molar-refractivity contribution in [1.82, 2.24) is 4.90 Å². The minimum Gasteiger partial charge on any atom is -0.479 e. The number of carbonyl (C=O) groups is 2. The zero-order valence-electron chi connectivity index (χ0n) is 11.8. The maximum Gasteiger partial charge on any atom is 0.337 e. The lowest BCUT2D eigenvalue weighted by molar-refractivity contribution is -0.156. The SMILES string of the molecule is CCCN(C=O)C(C)(C(=O)O)c1cc2cc(Br)ccc2o1. The van der Waals surface area contributed by atoms with E-state index in [0.29, 0.717) is 25.0 Å². The molecule has 0 aliphatic rings. The molecule has 1 heterocycles. The predicted octanol–water partition coefficient (Wildman–Crippen LogP) is 3.36. The van der Waals surface area contributed by atoms with Crippen LogP contribution in [0.1, 0.15) is 26.0 Å². The summed E-state index contributed by atoms with van der Waals surface area (Å²) in [5, 5.41) is 10.4. The third-order valence-corrected chi connectivity index (χ3v) is 4.03. The molecule has 1 unspecified atom stereocenters. The summed E-state index contributed by atoms with van der Waals surface area (Å²) < 4.78 is 6.55. The molecule has 1 aromatic carbocycles. The molecule has 0 bridgehead atoms. The lowest BCUT2D eigenvalue weighted by Gasteiger charge is -2.33. The number of furan rings is 1. The van der Waals surface area contributed by atoms with Gasteiger partial charge in [-0.2, -0.15) is 0 Å². The van der Waals surface area contributed by atoms with Crippen molar-refractivity contribution < 1.29 is 19.1 Å².